The van der Waals surface area contributed by atoms with Gasteiger partial charge in [-0.25, -0.2) is 0 Å². The van der Waals surface area contributed by atoms with Crippen LogP contribution in [0.15, 0.2) is 28.3 Å². The molecule has 0 bridgehead atoms. The molecule has 3 heteroatoms. The average Bonchev–Trinajstić information content (AvgIpc) is 2.55. The molecule has 0 saturated carbocycles. The van der Waals surface area contributed by atoms with Gasteiger partial charge in [-0.1, -0.05) is 17.7 Å². The number of carbonyl (C=O) groups excluding carboxylic acids is 1. The molecule has 0 atom stereocenters. The Bertz CT molecular complexity index is 476. The van der Waals surface area contributed by atoms with Gasteiger partial charge in [-0.2, -0.15) is 0 Å². The number of allylic oxidation sites excluding steroid dienone is 3. The van der Waals surface area contributed by atoms with Crippen molar-refractivity contribution < 1.29 is 4.79 Å². The molecule has 0 radical (unpaired) electrons. The molecular weight excluding hydrogens is 228 g/mol. The zero-order valence-electron chi connectivity index (χ0n) is 8.00. The summed E-state index contributed by atoms with van der Waals surface area (Å²) in [6.07, 6.45) is 7.82. The third-order valence-corrected chi connectivity index (χ3v) is 3.54. The molecule has 1 aliphatic rings. The Kier molecular flexibility index (Phi) is 3.22. The molecule has 1 nitrogen and oxygen atoms in total. The number of hydrogen-bond acceptors (Lipinski definition) is 2. The Morgan fingerprint density at radius 3 is 3.20 bits per heavy atom. The van der Waals surface area contributed by atoms with E-state index in [1.54, 1.807) is 17.4 Å². The predicted molar refractivity (Wildman–Crippen MR) is 64.3 cm³/mol. The van der Waals surface area contributed by atoms with Crippen molar-refractivity contribution in [2.24, 2.45) is 0 Å². The maximum absolute atomic E-state index is 10.5. The van der Waals surface area contributed by atoms with E-state index < -0.39 is 0 Å². The van der Waals surface area contributed by atoms with Crippen LogP contribution >= 0.6 is 22.9 Å². The summed E-state index contributed by atoms with van der Waals surface area (Å²) in [6, 6.07) is 0. The van der Waals surface area contributed by atoms with Crippen LogP contribution in [0.3, 0.4) is 0 Å². The number of hydrogen-bond donors (Lipinski definition) is 0. The van der Waals surface area contributed by atoms with Crippen molar-refractivity contribution in [1.82, 2.24) is 0 Å². The number of aldehydes is 1. The smallest absolute Gasteiger partial charge is 0.124 e. The van der Waals surface area contributed by atoms with Gasteiger partial charge in [0.15, 0.2) is 0 Å². The fraction of sp³-hybridized carbons (Fsp3) is 0.167. The molecular formula is C12H9ClOS. The highest BCUT2D eigenvalue weighted by Crippen LogP contribution is 2.26. The van der Waals surface area contributed by atoms with E-state index in [0.717, 1.165) is 18.3 Å². The van der Waals surface area contributed by atoms with Gasteiger partial charge in [0.25, 0.3) is 0 Å². The zero-order valence-corrected chi connectivity index (χ0v) is 9.57. The first-order valence-corrected chi connectivity index (χ1v) is 5.88. The largest absolute Gasteiger partial charge is 0.303 e. The van der Waals surface area contributed by atoms with Crippen LogP contribution < -0.4 is 0 Å². The first-order chi connectivity index (χ1) is 7.31. The van der Waals surface area contributed by atoms with E-state index in [0.29, 0.717) is 11.5 Å². The minimum atomic E-state index is 0.481. The summed E-state index contributed by atoms with van der Waals surface area (Å²) in [6.45, 7) is 0. The number of carbonyl (C=O) groups is 1. The van der Waals surface area contributed by atoms with Gasteiger partial charge in [-0.05, 0) is 35.1 Å². The van der Waals surface area contributed by atoms with Crippen molar-refractivity contribution in [1.29, 1.82) is 0 Å². The highest BCUT2D eigenvalue weighted by atomic mass is 35.5. The molecule has 15 heavy (non-hydrogen) atoms. The van der Waals surface area contributed by atoms with Gasteiger partial charge in [0, 0.05) is 16.3 Å². The Labute approximate surface area is 97.4 Å². The number of halogens is 1. The third-order valence-electron chi connectivity index (χ3n) is 2.25. The first-order valence-electron chi connectivity index (χ1n) is 4.62. The van der Waals surface area contributed by atoms with E-state index in [1.807, 2.05) is 17.5 Å². The Hall–Kier alpha value is -1.08. The molecule has 0 unspecified atom stereocenters. The van der Waals surface area contributed by atoms with Crippen LogP contribution in [0.2, 0.25) is 0 Å². The second-order valence-electron chi connectivity index (χ2n) is 3.22. The maximum atomic E-state index is 10.5. The van der Waals surface area contributed by atoms with Crippen molar-refractivity contribution in [2.45, 2.75) is 12.8 Å². The molecule has 0 aromatic carbocycles. The van der Waals surface area contributed by atoms with Gasteiger partial charge in [0.05, 0.1) is 0 Å². The monoisotopic (exact) mass is 236 g/mol. The summed E-state index contributed by atoms with van der Waals surface area (Å²) < 4.78 is 0. The van der Waals surface area contributed by atoms with E-state index in [2.05, 4.69) is 5.73 Å². The predicted octanol–water partition coefficient (Wildman–Crippen LogP) is 3.34. The van der Waals surface area contributed by atoms with Crippen LogP contribution in [0.4, 0.5) is 0 Å². The second kappa shape index (κ2) is 4.63. The minimum Gasteiger partial charge on any atom is -0.303 e. The molecule has 0 amide bonds. The van der Waals surface area contributed by atoms with Crippen molar-refractivity contribution >= 4 is 35.3 Å². The van der Waals surface area contributed by atoms with Gasteiger partial charge in [0.2, 0.25) is 0 Å². The Morgan fingerprint density at radius 2 is 2.40 bits per heavy atom. The lowest BCUT2D eigenvalue weighted by atomic mass is 10.0. The van der Waals surface area contributed by atoms with E-state index in [9.17, 15) is 4.79 Å². The van der Waals surface area contributed by atoms with E-state index >= 15 is 0 Å². The standard InChI is InChI=1S/C12H9ClOS/c13-10-2-1-3-12-11(5-4-10)9(6-7-14)8-15-12/h2-4,7-8H,5-6H2/b10-4+. The summed E-state index contributed by atoms with van der Waals surface area (Å²) in [5.74, 6) is 0. The number of rotatable bonds is 2. The fourth-order valence-corrected chi connectivity index (χ4v) is 2.65. The Balaban J connectivity index is 2.46. The molecule has 0 fully saturated rings. The first kappa shape index (κ1) is 10.4. The quantitative estimate of drug-likeness (QED) is 0.569. The topological polar surface area (TPSA) is 17.1 Å². The molecule has 1 heterocycles. The SMILES string of the molecule is O=CCc1csc2c1C/C=C(/Cl)C=C=C2. The summed E-state index contributed by atoms with van der Waals surface area (Å²) in [4.78, 5) is 11.7. The van der Waals surface area contributed by atoms with Gasteiger partial charge >= 0.3 is 0 Å². The molecule has 1 aromatic heterocycles. The van der Waals surface area contributed by atoms with Crippen molar-refractivity contribution in [3.63, 3.8) is 0 Å². The highest BCUT2D eigenvalue weighted by molar-refractivity contribution is 7.11. The van der Waals surface area contributed by atoms with E-state index in [4.69, 9.17) is 11.6 Å². The molecule has 1 aliphatic carbocycles. The van der Waals surface area contributed by atoms with Gasteiger partial charge in [-0.3, -0.25) is 0 Å². The van der Waals surface area contributed by atoms with Gasteiger partial charge in [-0.15, -0.1) is 17.1 Å². The summed E-state index contributed by atoms with van der Waals surface area (Å²) in [7, 11) is 0. The van der Waals surface area contributed by atoms with Crippen molar-refractivity contribution in [3.05, 3.63) is 44.3 Å². The van der Waals surface area contributed by atoms with Crippen LogP contribution in [0.5, 0.6) is 0 Å². The number of thiophene rings is 1. The summed E-state index contributed by atoms with van der Waals surface area (Å²) in [5.41, 5.74) is 5.32. The molecule has 0 aliphatic heterocycles. The number of fused-ring (bicyclic) bond motifs is 1. The van der Waals surface area contributed by atoms with Gasteiger partial charge < -0.3 is 4.79 Å². The third kappa shape index (κ3) is 2.29. The lowest BCUT2D eigenvalue weighted by Crippen LogP contribution is -1.92. The van der Waals surface area contributed by atoms with Crippen molar-refractivity contribution in [3.8, 4) is 0 Å². The summed E-state index contributed by atoms with van der Waals surface area (Å²) >= 11 is 7.56. The second-order valence-corrected chi connectivity index (χ2v) is 4.57. The van der Waals surface area contributed by atoms with Crippen LogP contribution in [-0.4, -0.2) is 6.29 Å². The fourth-order valence-electron chi connectivity index (χ4n) is 1.50. The molecule has 2 rings (SSSR count). The molecule has 0 saturated heterocycles. The van der Waals surface area contributed by atoms with Crippen molar-refractivity contribution in [2.75, 3.05) is 0 Å². The van der Waals surface area contributed by atoms with E-state index in [1.165, 1.54) is 10.4 Å². The molecule has 76 valence electrons. The minimum absolute atomic E-state index is 0.481. The van der Waals surface area contributed by atoms with Crippen LogP contribution in [-0.2, 0) is 17.6 Å². The lowest BCUT2D eigenvalue weighted by molar-refractivity contribution is -0.107. The van der Waals surface area contributed by atoms with Crippen LogP contribution in [0.1, 0.15) is 16.0 Å². The zero-order chi connectivity index (χ0) is 10.7. The van der Waals surface area contributed by atoms with Crippen LogP contribution in [0, 0.1) is 0 Å². The average molecular weight is 237 g/mol. The highest BCUT2D eigenvalue weighted by Gasteiger charge is 2.09. The molecule has 0 N–H and O–H groups in total. The maximum Gasteiger partial charge on any atom is 0.124 e. The summed E-state index contributed by atoms with van der Waals surface area (Å²) in [5, 5.41) is 2.73. The Morgan fingerprint density at radius 1 is 1.53 bits per heavy atom. The van der Waals surface area contributed by atoms with Gasteiger partial charge in [0.1, 0.15) is 6.29 Å². The normalized spacial score (nSPS) is 17.5. The lowest BCUT2D eigenvalue weighted by Gasteiger charge is -2.01. The molecule has 1 aromatic rings. The molecule has 0 spiro atoms. The van der Waals surface area contributed by atoms with Crippen LogP contribution in [0.25, 0.3) is 6.08 Å². The van der Waals surface area contributed by atoms with E-state index in [-0.39, 0.29) is 0 Å².